The van der Waals surface area contributed by atoms with Gasteiger partial charge in [-0.25, -0.2) is 23.5 Å². The van der Waals surface area contributed by atoms with Crippen LogP contribution in [0, 0.1) is 18.6 Å². The number of benzene rings is 2. The quantitative estimate of drug-likeness (QED) is 0.478. The minimum atomic E-state index is -0.722. The zero-order valence-corrected chi connectivity index (χ0v) is 17.5. The number of carbonyl (C=O) groups excluding carboxylic acids is 1. The average Bonchev–Trinajstić information content (AvgIpc) is 2.73. The van der Waals surface area contributed by atoms with Crippen LogP contribution in [0.3, 0.4) is 0 Å². The maximum Gasteiger partial charge on any atom is 0.323 e. The normalized spacial score (nSPS) is 10.5. The largest absolute Gasteiger partial charge is 0.357 e. The van der Waals surface area contributed by atoms with Crippen LogP contribution in [0.4, 0.5) is 42.3 Å². The standard InChI is InChI=1S/C22H24F2N6O/c1-4-30(5-2)21-13-20(25-14(3)26-21)27-16-7-9-17(10-8-16)28-22(31)29-19-12-15(23)6-11-18(19)24/h6-13H,4-5H2,1-3H3,(H,25,26,27)(H2,28,29,31). The highest BCUT2D eigenvalue weighted by atomic mass is 19.1. The van der Waals surface area contributed by atoms with Crippen molar-refractivity contribution in [1.82, 2.24) is 9.97 Å². The number of aryl methyl sites for hydroxylation is 1. The third-order valence-corrected chi connectivity index (χ3v) is 4.50. The summed E-state index contributed by atoms with van der Waals surface area (Å²) in [6.45, 7) is 7.66. The highest BCUT2D eigenvalue weighted by Crippen LogP contribution is 2.22. The van der Waals surface area contributed by atoms with E-state index < -0.39 is 17.7 Å². The molecule has 162 valence electrons. The van der Waals surface area contributed by atoms with Crippen molar-refractivity contribution >= 4 is 34.7 Å². The van der Waals surface area contributed by atoms with E-state index >= 15 is 0 Å². The van der Waals surface area contributed by atoms with Crippen molar-refractivity contribution in [2.45, 2.75) is 20.8 Å². The lowest BCUT2D eigenvalue weighted by atomic mass is 10.2. The minimum absolute atomic E-state index is 0.237. The molecule has 0 saturated heterocycles. The van der Waals surface area contributed by atoms with Gasteiger partial charge in [0.1, 0.15) is 29.1 Å². The van der Waals surface area contributed by atoms with Crippen LogP contribution in [0.2, 0.25) is 0 Å². The van der Waals surface area contributed by atoms with Gasteiger partial charge in [0, 0.05) is 36.6 Å². The predicted molar refractivity (Wildman–Crippen MR) is 119 cm³/mol. The Morgan fingerprint density at radius 3 is 2.29 bits per heavy atom. The molecule has 0 aliphatic heterocycles. The van der Waals surface area contributed by atoms with Gasteiger partial charge in [0.25, 0.3) is 0 Å². The Bertz CT molecular complexity index is 1050. The molecular formula is C22H24F2N6O. The van der Waals surface area contributed by atoms with E-state index in [2.05, 4.69) is 44.7 Å². The summed E-state index contributed by atoms with van der Waals surface area (Å²) in [5, 5.41) is 8.09. The molecule has 0 radical (unpaired) electrons. The molecule has 9 heteroatoms. The maximum absolute atomic E-state index is 13.6. The van der Waals surface area contributed by atoms with Crippen LogP contribution in [0.15, 0.2) is 48.5 Å². The van der Waals surface area contributed by atoms with Crippen molar-refractivity contribution in [2.75, 3.05) is 33.9 Å². The number of amides is 2. The molecule has 0 saturated carbocycles. The van der Waals surface area contributed by atoms with Gasteiger partial charge in [0.05, 0.1) is 5.69 Å². The molecule has 0 aliphatic rings. The lowest BCUT2D eigenvalue weighted by molar-refractivity contribution is 0.262. The summed E-state index contributed by atoms with van der Waals surface area (Å²) >= 11 is 0. The topological polar surface area (TPSA) is 82.2 Å². The highest BCUT2D eigenvalue weighted by molar-refractivity contribution is 5.99. The number of nitrogens with one attached hydrogen (secondary N) is 3. The number of rotatable bonds is 7. The Balaban J connectivity index is 1.65. The molecule has 7 nitrogen and oxygen atoms in total. The van der Waals surface area contributed by atoms with E-state index in [-0.39, 0.29) is 5.69 Å². The molecular weight excluding hydrogens is 402 g/mol. The summed E-state index contributed by atoms with van der Waals surface area (Å²) in [5.41, 5.74) is 1.02. The maximum atomic E-state index is 13.6. The lowest BCUT2D eigenvalue weighted by Crippen LogP contribution is -2.23. The smallest absolute Gasteiger partial charge is 0.323 e. The van der Waals surface area contributed by atoms with Crippen molar-refractivity contribution in [2.24, 2.45) is 0 Å². The van der Waals surface area contributed by atoms with E-state index in [1.165, 1.54) is 0 Å². The number of nitrogens with zero attached hydrogens (tertiary/aromatic N) is 3. The highest BCUT2D eigenvalue weighted by Gasteiger charge is 2.10. The van der Waals surface area contributed by atoms with E-state index in [0.29, 0.717) is 17.3 Å². The molecule has 0 aliphatic carbocycles. The first-order chi connectivity index (χ1) is 14.9. The van der Waals surface area contributed by atoms with Crippen LogP contribution in [0.1, 0.15) is 19.7 Å². The van der Waals surface area contributed by atoms with Crippen molar-refractivity contribution in [3.05, 3.63) is 66.0 Å². The van der Waals surface area contributed by atoms with Crippen LogP contribution >= 0.6 is 0 Å². The summed E-state index contributed by atoms with van der Waals surface area (Å²) in [7, 11) is 0. The summed E-state index contributed by atoms with van der Waals surface area (Å²) in [4.78, 5) is 23.1. The van der Waals surface area contributed by atoms with Gasteiger partial charge in [-0.3, -0.25) is 0 Å². The van der Waals surface area contributed by atoms with E-state index in [9.17, 15) is 13.6 Å². The Morgan fingerprint density at radius 1 is 0.935 bits per heavy atom. The Kier molecular flexibility index (Phi) is 6.96. The molecule has 0 fully saturated rings. The summed E-state index contributed by atoms with van der Waals surface area (Å²) in [6.07, 6.45) is 0. The number of carbonyl (C=O) groups is 1. The van der Waals surface area contributed by atoms with Gasteiger partial charge in [-0.1, -0.05) is 0 Å². The Labute approximate surface area is 179 Å². The van der Waals surface area contributed by atoms with Gasteiger partial charge >= 0.3 is 6.03 Å². The van der Waals surface area contributed by atoms with Crippen LogP contribution in [-0.2, 0) is 0 Å². The first-order valence-electron chi connectivity index (χ1n) is 9.88. The molecule has 3 N–H and O–H groups in total. The van der Waals surface area contributed by atoms with Gasteiger partial charge in [-0.2, -0.15) is 0 Å². The van der Waals surface area contributed by atoms with Gasteiger partial charge in [0.2, 0.25) is 0 Å². The third kappa shape index (κ3) is 5.88. The number of anilines is 5. The van der Waals surface area contributed by atoms with E-state index in [4.69, 9.17) is 0 Å². The van der Waals surface area contributed by atoms with E-state index in [1.54, 1.807) is 24.3 Å². The molecule has 0 bridgehead atoms. The molecule has 2 amide bonds. The average molecular weight is 426 g/mol. The van der Waals surface area contributed by atoms with E-state index in [0.717, 1.165) is 42.8 Å². The zero-order valence-electron chi connectivity index (χ0n) is 17.5. The first-order valence-corrected chi connectivity index (χ1v) is 9.88. The summed E-state index contributed by atoms with van der Waals surface area (Å²) in [6, 6.07) is 11.0. The fourth-order valence-electron chi connectivity index (χ4n) is 2.99. The monoisotopic (exact) mass is 426 g/mol. The Morgan fingerprint density at radius 2 is 1.61 bits per heavy atom. The van der Waals surface area contributed by atoms with Crippen LogP contribution in [0.5, 0.6) is 0 Å². The van der Waals surface area contributed by atoms with Gasteiger partial charge < -0.3 is 20.9 Å². The number of hydrogen-bond donors (Lipinski definition) is 3. The van der Waals surface area contributed by atoms with E-state index in [1.807, 2.05) is 13.0 Å². The van der Waals surface area contributed by atoms with Gasteiger partial charge in [-0.15, -0.1) is 0 Å². The zero-order chi connectivity index (χ0) is 22.4. The number of urea groups is 1. The van der Waals surface area contributed by atoms with Crippen molar-refractivity contribution < 1.29 is 13.6 Å². The second kappa shape index (κ2) is 9.84. The van der Waals surface area contributed by atoms with Gasteiger partial charge in [0.15, 0.2) is 0 Å². The molecule has 31 heavy (non-hydrogen) atoms. The third-order valence-electron chi connectivity index (χ3n) is 4.50. The lowest BCUT2D eigenvalue weighted by Gasteiger charge is -2.20. The molecule has 3 aromatic rings. The Hall–Kier alpha value is -3.75. The molecule has 0 atom stereocenters. The SMILES string of the molecule is CCN(CC)c1cc(Nc2ccc(NC(=O)Nc3cc(F)ccc3F)cc2)nc(C)n1. The van der Waals surface area contributed by atoms with Crippen molar-refractivity contribution in [3.63, 3.8) is 0 Å². The molecule has 0 unspecified atom stereocenters. The molecule has 1 aromatic heterocycles. The van der Waals surface area contributed by atoms with Crippen molar-refractivity contribution in [3.8, 4) is 0 Å². The number of hydrogen-bond acceptors (Lipinski definition) is 5. The molecule has 1 heterocycles. The second-order valence-electron chi connectivity index (χ2n) is 6.74. The van der Waals surface area contributed by atoms with Crippen LogP contribution in [-0.4, -0.2) is 29.1 Å². The fraction of sp³-hybridized carbons (Fsp3) is 0.227. The predicted octanol–water partition coefficient (Wildman–Crippen LogP) is 5.30. The summed E-state index contributed by atoms with van der Waals surface area (Å²) in [5.74, 6) is 0.803. The summed E-state index contributed by atoms with van der Waals surface area (Å²) < 4.78 is 26.9. The first kappa shape index (κ1) is 21.9. The van der Waals surface area contributed by atoms with Gasteiger partial charge in [-0.05, 0) is 57.2 Å². The molecule has 2 aromatic carbocycles. The number of halogens is 2. The van der Waals surface area contributed by atoms with Crippen LogP contribution in [0.25, 0.3) is 0 Å². The van der Waals surface area contributed by atoms with Crippen LogP contribution < -0.4 is 20.9 Å². The minimum Gasteiger partial charge on any atom is -0.357 e. The molecule has 3 rings (SSSR count). The number of aromatic nitrogens is 2. The second-order valence-corrected chi connectivity index (χ2v) is 6.74. The van der Waals surface area contributed by atoms with Crippen molar-refractivity contribution in [1.29, 1.82) is 0 Å². The fourth-order valence-corrected chi connectivity index (χ4v) is 2.99. The molecule has 0 spiro atoms.